The highest BCUT2D eigenvalue weighted by atomic mass is 79.9. The summed E-state index contributed by atoms with van der Waals surface area (Å²) in [6.07, 6.45) is 2.01. The number of nitrogens with zero attached hydrogens (tertiary/aromatic N) is 3. The lowest BCUT2D eigenvalue weighted by atomic mass is 10.2. The summed E-state index contributed by atoms with van der Waals surface area (Å²) in [6.45, 7) is 1.91. The smallest absolute Gasteiger partial charge is 0.343 e. The first kappa shape index (κ1) is 22.1. The van der Waals surface area contributed by atoms with Crippen LogP contribution in [-0.4, -0.2) is 21.8 Å². The van der Waals surface area contributed by atoms with Crippen LogP contribution < -0.4 is 10.3 Å². The maximum atomic E-state index is 13.0. The number of halogens is 2. The zero-order chi connectivity index (χ0) is 22.7. The summed E-state index contributed by atoms with van der Waals surface area (Å²) in [5.74, 6) is 0.328. The third-order valence-corrected chi connectivity index (χ3v) is 5.74. The molecule has 0 unspecified atom stereocenters. The second-order valence-corrected chi connectivity index (χ2v) is 8.59. The van der Waals surface area contributed by atoms with E-state index < -0.39 is 5.97 Å². The second kappa shape index (κ2) is 9.58. The largest absolute Gasteiger partial charge is 0.421 e. The molecule has 0 fully saturated rings. The number of fused-ring (bicyclic) bond motifs is 1. The Morgan fingerprint density at radius 2 is 1.81 bits per heavy atom. The van der Waals surface area contributed by atoms with E-state index in [0.717, 1.165) is 4.47 Å². The average Bonchev–Trinajstić information content (AvgIpc) is 2.80. The summed E-state index contributed by atoms with van der Waals surface area (Å²) in [5.41, 5.74) is 1.30. The van der Waals surface area contributed by atoms with E-state index in [-0.39, 0.29) is 5.56 Å². The number of aryl methyl sites for hydroxylation is 1. The van der Waals surface area contributed by atoms with Crippen molar-refractivity contribution in [1.29, 1.82) is 0 Å². The number of rotatable bonds is 5. The van der Waals surface area contributed by atoms with E-state index >= 15 is 0 Å². The number of aromatic nitrogens is 2. The van der Waals surface area contributed by atoms with Crippen LogP contribution in [0.3, 0.4) is 0 Å². The van der Waals surface area contributed by atoms with E-state index in [9.17, 15) is 9.59 Å². The number of hydrogen-bond acceptors (Lipinski definition) is 5. The lowest BCUT2D eigenvalue weighted by Crippen LogP contribution is -2.22. The van der Waals surface area contributed by atoms with Gasteiger partial charge in [0.2, 0.25) is 0 Å². The maximum absolute atomic E-state index is 13.0. The Labute approximate surface area is 200 Å². The van der Waals surface area contributed by atoms with Crippen LogP contribution in [0, 0.1) is 0 Å². The summed E-state index contributed by atoms with van der Waals surface area (Å²) in [7, 11) is 0. The van der Waals surface area contributed by atoms with Crippen molar-refractivity contribution in [2.24, 2.45) is 5.10 Å². The zero-order valence-corrected chi connectivity index (χ0v) is 20.1. The minimum absolute atomic E-state index is 0.263. The van der Waals surface area contributed by atoms with Crippen molar-refractivity contribution < 1.29 is 9.53 Å². The van der Waals surface area contributed by atoms with Crippen LogP contribution in [0.2, 0.25) is 0 Å². The molecule has 0 saturated heterocycles. The van der Waals surface area contributed by atoms with Gasteiger partial charge >= 0.3 is 5.97 Å². The summed E-state index contributed by atoms with van der Waals surface area (Å²) in [6, 6.07) is 19.4. The molecule has 0 aliphatic rings. The molecule has 0 bridgehead atoms. The van der Waals surface area contributed by atoms with E-state index in [1.54, 1.807) is 54.6 Å². The standard InChI is InChI=1S/C24H17Br2N3O3/c1-2-21-28-20-11-7-6-10-18(20)23(30)29(21)27-14-16-12-17(25)13-19(26)22(16)32-24(31)15-8-4-3-5-9-15/h3-14H,2H2,1H3. The highest BCUT2D eigenvalue weighted by molar-refractivity contribution is 9.11. The van der Waals surface area contributed by atoms with E-state index in [0.29, 0.717) is 44.5 Å². The Morgan fingerprint density at radius 3 is 2.56 bits per heavy atom. The Morgan fingerprint density at radius 1 is 1.09 bits per heavy atom. The molecule has 8 heteroatoms. The fourth-order valence-corrected chi connectivity index (χ4v) is 4.49. The van der Waals surface area contributed by atoms with Gasteiger partial charge in [-0.05, 0) is 52.3 Å². The molecule has 0 spiro atoms. The van der Waals surface area contributed by atoms with Crippen molar-refractivity contribution in [3.8, 4) is 5.75 Å². The first-order chi connectivity index (χ1) is 15.5. The number of hydrogen-bond donors (Lipinski definition) is 0. The number of carbonyl (C=O) groups excluding carboxylic acids is 1. The number of para-hydroxylation sites is 1. The van der Waals surface area contributed by atoms with Crippen LogP contribution >= 0.6 is 31.9 Å². The Kier molecular flexibility index (Phi) is 6.62. The highest BCUT2D eigenvalue weighted by Gasteiger charge is 2.16. The van der Waals surface area contributed by atoms with E-state index in [2.05, 4.69) is 41.9 Å². The molecule has 0 atom stereocenters. The molecule has 1 heterocycles. The van der Waals surface area contributed by atoms with Crippen molar-refractivity contribution in [2.75, 3.05) is 0 Å². The van der Waals surface area contributed by atoms with Crippen LogP contribution in [0.1, 0.15) is 28.7 Å². The SMILES string of the molecule is CCc1nc2ccccc2c(=O)n1N=Cc1cc(Br)cc(Br)c1OC(=O)c1ccccc1. The van der Waals surface area contributed by atoms with E-state index in [4.69, 9.17) is 4.74 Å². The molecule has 0 aliphatic carbocycles. The highest BCUT2D eigenvalue weighted by Crippen LogP contribution is 2.32. The third-order valence-electron chi connectivity index (χ3n) is 4.69. The molecule has 32 heavy (non-hydrogen) atoms. The summed E-state index contributed by atoms with van der Waals surface area (Å²) in [5, 5.41) is 4.88. The number of carbonyl (C=O) groups is 1. The Hall–Kier alpha value is -3.10. The fraction of sp³-hybridized carbons (Fsp3) is 0.0833. The number of benzene rings is 3. The van der Waals surface area contributed by atoms with Crippen LogP contribution in [-0.2, 0) is 6.42 Å². The predicted molar refractivity (Wildman–Crippen MR) is 132 cm³/mol. The van der Waals surface area contributed by atoms with Crippen LogP contribution in [0.25, 0.3) is 10.9 Å². The van der Waals surface area contributed by atoms with Gasteiger partial charge in [-0.3, -0.25) is 4.79 Å². The Bertz CT molecular complexity index is 1400. The van der Waals surface area contributed by atoms with Crippen LogP contribution in [0.5, 0.6) is 5.75 Å². The van der Waals surface area contributed by atoms with Crippen molar-refractivity contribution in [3.05, 3.63) is 103 Å². The summed E-state index contributed by atoms with van der Waals surface area (Å²) < 4.78 is 8.26. The van der Waals surface area contributed by atoms with Crippen molar-refractivity contribution in [3.63, 3.8) is 0 Å². The molecule has 6 nitrogen and oxygen atoms in total. The van der Waals surface area contributed by atoms with Gasteiger partial charge in [0.15, 0.2) is 5.75 Å². The van der Waals surface area contributed by atoms with Crippen molar-refractivity contribution >= 4 is 54.9 Å². The number of ether oxygens (including phenoxy) is 1. The minimum atomic E-state index is -0.498. The van der Waals surface area contributed by atoms with Crippen molar-refractivity contribution in [1.82, 2.24) is 9.66 Å². The van der Waals surface area contributed by atoms with Gasteiger partial charge in [0.25, 0.3) is 5.56 Å². The van der Waals surface area contributed by atoms with Gasteiger partial charge in [-0.25, -0.2) is 9.78 Å². The zero-order valence-electron chi connectivity index (χ0n) is 17.0. The quantitative estimate of drug-likeness (QED) is 0.183. The van der Waals surface area contributed by atoms with Crippen molar-refractivity contribution in [2.45, 2.75) is 13.3 Å². The minimum Gasteiger partial charge on any atom is -0.421 e. The van der Waals surface area contributed by atoms with E-state index in [1.807, 2.05) is 19.1 Å². The van der Waals surface area contributed by atoms with Gasteiger partial charge in [-0.15, -0.1) is 0 Å². The molecule has 0 radical (unpaired) electrons. The first-order valence-electron chi connectivity index (χ1n) is 9.79. The van der Waals surface area contributed by atoms with Crippen LogP contribution in [0.15, 0.2) is 85.6 Å². The number of esters is 1. The summed E-state index contributed by atoms with van der Waals surface area (Å²) in [4.78, 5) is 30.2. The predicted octanol–water partition coefficient (Wildman–Crippen LogP) is 5.59. The molecule has 4 aromatic rings. The second-order valence-electron chi connectivity index (χ2n) is 6.82. The normalized spacial score (nSPS) is 11.2. The van der Waals surface area contributed by atoms with Gasteiger partial charge in [-0.2, -0.15) is 9.78 Å². The summed E-state index contributed by atoms with van der Waals surface area (Å²) >= 11 is 6.90. The molecule has 3 aromatic carbocycles. The lowest BCUT2D eigenvalue weighted by molar-refractivity contribution is 0.0733. The topological polar surface area (TPSA) is 73.6 Å². The molecule has 4 rings (SSSR count). The molecule has 0 saturated carbocycles. The molecular weight excluding hydrogens is 538 g/mol. The van der Waals surface area contributed by atoms with Gasteiger partial charge in [-0.1, -0.05) is 53.2 Å². The first-order valence-corrected chi connectivity index (χ1v) is 11.4. The molecule has 1 aromatic heterocycles. The lowest BCUT2D eigenvalue weighted by Gasteiger charge is -2.11. The Balaban J connectivity index is 1.77. The average molecular weight is 555 g/mol. The molecule has 0 aliphatic heterocycles. The molecule has 0 N–H and O–H groups in total. The fourth-order valence-electron chi connectivity index (χ4n) is 3.15. The molecular formula is C24H17Br2N3O3. The van der Waals surface area contributed by atoms with Crippen LogP contribution in [0.4, 0.5) is 0 Å². The monoisotopic (exact) mass is 553 g/mol. The molecule has 0 amide bonds. The maximum Gasteiger partial charge on any atom is 0.343 e. The van der Waals surface area contributed by atoms with Gasteiger partial charge in [0.05, 0.1) is 27.2 Å². The van der Waals surface area contributed by atoms with E-state index in [1.165, 1.54) is 10.9 Å². The van der Waals surface area contributed by atoms with Gasteiger partial charge in [0, 0.05) is 16.5 Å². The van der Waals surface area contributed by atoms with Gasteiger partial charge < -0.3 is 4.74 Å². The molecule has 160 valence electrons. The third kappa shape index (κ3) is 4.56. The van der Waals surface area contributed by atoms with Gasteiger partial charge in [0.1, 0.15) is 5.82 Å².